The van der Waals surface area contributed by atoms with Crippen molar-refractivity contribution in [3.63, 3.8) is 0 Å². The third kappa shape index (κ3) is 37.4. The van der Waals surface area contributed by atoms with Crippen LogP contribution in [0.2, 0.25) is 0 Å². The van der Waals surface area contributed by atoms with Crippen LogP contribution >= 0.6 is 0 Å². The highest BCUT2D eigenvalue weighted by molar-refractivity contribution is 5.88. The Kier molecular flexibility index (Phi) is 42.7. The Bertz CT molecular complexity index is 6370. The van der Waals surface area contributed by atoms with Crippen molar-refractivity contribution < 1.29 is 0 Å². The highest BCUT2D eigenvalue weighted by Gasteiger charge is 2.07. The molecule has 0 amide bonds. The second-order valence-corrected chi connectivity index (χ2v) is 36.4. The minimum atomic E-state index is 1.03. The molecule has 19 rings (SSSR count). The van der Waals surface area contributed by atoms with Crippen LogP contribution in [0.4, 0.5) is 0 Å². The fourth-order valence-electron chi connectivity index (χ4n) is 15.5. The van der Waals surface area contributed by atoms with E-state index in [0.717, 1.165) is 19.3 Å². The van der Waals surface area contributed by atoms with E-state index < -0.39 is 0 Å². The van der Waals surface area contributed by atoms with Gasteiger partial charge in [0.1, 0.15) is 0 Å². The fourth-order valence-corrected chi connectivity index (χ4v) is 15.5. The van der Waals surface area contributed by atoms with E-state index in [-0.39, 0.29) is 0 Å². The molecular formula is C135H144. The summed E-state index contributed by atoms with van der Waals surface area (Å²) in [5.41, 5.74) is 45.6. The Morgan fingerprint density at radius 3 is 0.674 bits per heavy atom. The van der Waals surface area contributed by atoms with Crippen molar-refractivity contribution in [3.8, 4) is 33.4 Å². The van der Waals surface area contributed by atoms with Crippen molar-refractivity contribution in [2.75, 3.05) is 0 Å². The molecule has 0 heterocycles. The maximum absolute atomic E-state index is 2.25. The lowest BCUT2D eigenvalue weighted by molar-refractivity contribution is 1.13. The predicted molar refractivity (Wildman–Crippen MR) is 594 cm³/mol. The molecule has 684 valence electrons. The molecule has 0 spiro atoms. The van der Waals surface area contributed by atoms with Crippen LogP contribution in [0.3, 0.4) is 0 Å². The Labute approximate surface area is 813 Å². The van der Waals surface area contributed by atoms with Gasteiger partial charge in [0.05, 0.1) is 0 Å². The molecule has 0 radical (unpaired) electrons. The van der Waals surface area contributed by atoms with Crippen molar-refractivity contribution in [2.45, 2.75) is 172 Å². The molecule has 0 aromatic heterocycles. The molecule has 19 aromatic carbocycles. The van der Waals surface area contributed by atoms with Gasteiger partial charge in [-0.2, -0.15) is 0 Å². The predicted octanol–water partition coefficient (Wildman–Crippen LogP) is 37.4. The number of aryl methyl sites for hydroxylation is 22. The molecule has 0 nitrogen and oxygen atoms in total. The summed E-state index contributed by atoms with van der Waals surface area (Å²) < 4.78 is 0. The van der Waals surface area contributed by atoms with Gasteiger partial charge in [-0.1, -0.05) is 515 Å². The lowest BCUT2D eigenvalue weighted by atomic mass is 9.97. The van der Waals surface area contributed by atoms with E-state index in [9.17, 15) is 0 Å². The SMILES string of the molecule is Cc1ccc(-c2ccc(C)cc2)cc1.Cc1ccc(C)cc1.Cc1ccc(Cc2ccc(C)cc2)cc1.Cc1ccc2cc(C)ccc2c1.Cc1cccc(-c2cccc(C)c2)c1.Cc1cccc(C)c1.Cc1cccc(Cc2cccc(C)c2)c1.Cc1cccc2c(C)cccc12.Cc1ccccc1-c1ccccc1C.Cc1ccccc1C.Cc1ccccc1Cc1ccccc1C. The smallest absolute Gasteiger partial charge is 0.00205 e. The molecule has 0 saturated carbocycles. The van der Waals surface area contributed by atoms with Gasteiger partial charge >= 0.3 is 0 Å². The van der Waals surface area contributed by atoms with E-state index in [0.29, 0.717) is 0 Å². The average Bonchev–Trinajstić information content (AvgIpc) is 0.820. The van der Waals surface area contributed by atoms with E-state index in [4.69, 9.17) is 0 Å². The largest absolute Gasteiger partial charge is 0.0620 e. The summed E-state index contributed by atoms with van der Waals surface area (Å²) in [7, 11) is 0. The van der Waals surface area contributed by atoms with Crippen LogP contribution in [-0.4, -0.2) is 0 Å². The van der Waals surface area contributed by atoms with E-state index in [2.05, 4.69) is 589 Å². The highest BCUT2D eigenvalue weighted by atomic mass is 14.1. The first-order valence-electron chi connectivity index (χ1n) is 47.7. The summed E-state index contributed by atoms with van der Waals surface area (Å²) in [5, 5.41) is 5.41. The normalized spacial score (nSPS) is 10.1. The zero-order valence-electron chi connectivity index (χ0n) is 84.7. The van der Waals surface area contributed by atoms with Crippen LogP contribution in [0.15, 0.2) is 437 Å². The van der Waals surface area contributed by atoms with Crippen LogP contribution < -0.4 is 0 Å². The Morgan fingerprint density at radius 2 is 0.370 bits per heavy atom. The summed E-state index contributed by atoms with van der Waals surface area (Å²) >= 11 is 0. The zero-order chi connectivity index (χ0) is 97.0. The summed E-state index contributed by atoms with van der Waals surface area (Å²) in [4.78, 5) is 0. The monoisotopic (exact) mass is 1770 g/mol. The summed E-state index contributed by atoms with van der Waals surface area (Å²) in [6, 6.07) is 155. The quantitative estimate of drug-likeness (QED) is 0.135. The third-order valence-electron chi connectivity index (χ3n) is 23.8. The summed E-state index contributed by atoms with van der Waals surface area (Å²) in [5.74, 6) is 0. The van der Waals surface area contributed by atoms with E-state index in [1.807, 2.05) is 0 Å². The molecule has 0 bridgehead atoms. The summed E-state index contributed by atoms with van der Waals surface area (Å²) in [6.45, 7) is 46.8. The average molecular weight is 1770 g/mol. The maximum atomic E-state index is 2.25. The number of hydrogen-bond donors (Lipinski definition) is 0. The molecule has 0 aliphatic carbocycles. The number of benzene rings is 19. The molecular weight excluding hydrogens is 1620 g/mol. The van der Waals surface area contributed by atoms with Gasteiger partial charge in [0, 0.05) is 0 Å². The molecule has 135 heavy (non-hydrogen) atoms. The molecule has 0 fully saturated rings. The fraction of sp³-hybridized carbons (Fsp3) is 0.185. The van der Waals surface area contributed by atoms with Crippen LogP contribution in [0.1, 0.15) is 156 Å². The van der Waals surface area contributed by atoms with Gasteiger partial charge in [0.15, 0.2) is 0 Å². The lowest BCUT2D eigenvalue weighted by Crippen LogP contribution is -1.93. The van der Waals surface area contributed by atoms with E-state index >= 15 is 0 Å². The zero-order valence-corrected chi connectivity index (χ0v) is 84.7. The molecule has 0 atom stereocenters. The van der Waals surface area contributed by atoms with Gasteiger partial charge in [0.2, 0.25) is 0 Å². The van der Waals surface area contributed by atoms with Gasteiger partial charge in [-0.25, -0.2) is 0 Å². The van der Waals surface area contributed by atoms with Crippen LogP contribution in [0, 0.1) is 152 Å². The molecule has 0 aliphatic rings. The van der Waals surface area contributed by atoms with Gasteiger partial charge in [-0.3, -0.25) is 0 Å². The Balaban J connectivity index is 0.000000168. The van der Waals surface area contributed by atoms with Crippen LogP contribution in [0.25, 0.3) is 54.9 Å². The Hall–Kier alpha value is -14.3. The topological polar surface area (TPSA) is 0 Å². The van der Waals surface area contributed by atoms with Gasteiger partial charge in [-0.05, 0) is 304 Å². The highest BCUT2D eigenvalue weighted by Crippen LogP contribution is 2.29. The van der Waals surface area contributed by atoms with E-state index in [1.54, 1.807) is 0 Å². The van der Waals surface area contributed by atoms with Crippen molar-refractivity contribution in [1.29, 1.82) is 0 Å². The standard InChI is InChI=1S/3C15H16.3C14H14.2C12H12.3C8H10/c1-12-3-7-14(8-4-12)11-15-9-5-13(2)6-10-15;1-12-5-3-7-14(9-12)11-15-8-4-6-13(2)10-15;1-12-7-3-5-9-14(12)11-15-10-6-4-8-13(15)2;1-11-3-7-13(8-4-11)14-9-5-12(2)6-10-14;1-11-5-3-7-13(9-11)14-8-4-6-12(2)10-14;1-11-7-3-5-9-13(11)14-10-6-4-8-12(14)2;1-9-3-5-12-8-10(2)4-6-11(12)7-9;1-9-5-3-8-12-10(2)6-4-7-11(9)12;1-7-3-5-8(2)6-4-7;1-7-4-3-5-8(2)6-7;1-7-5-3-4-6-8(7)2/h3*3-10H,11H2,1-2H3;3*3-10H,1-2H3;2*3-8H,1-2H3;3*3-6H,1-2H3. The first kappa shape index (κ1) is 104. The van der Waals surface area contributed by atoms with Gasteiger partial charge in [-0.15, -0.1) is 0 Å². The maximum Gasteiger partial charge on any atom is -0.00205 e. The lowest BCUT2D eigenvalue weighted by Gasteiger charge is -2.08. The molecule has 0 unspecified atom stereocenters. The first-order valence-corrected chi connectivity index (χ1v) is 47.7. The van der Waals surface area contributed by atoms with E-state index in [1.165, 1.54) is 211 Å². The Morgan fingerprint density at radius 1 is 0.126 bits per heavy atom. The number of rotatable bonds is 9. The van der Waals surface area contributed by atoms with Crippen molar-refractivity contribution in [3.05, 3.63) is 593 Å². The minimum absolute atomic E-state index is 1.03. The molecule has 0 N–H and O–H groups in total. The number of fused-ring (bicyclic) bond motifs is 2. The van der Waals surface area contributed by atoms with Gasteiger partial charge < -0.3 is 0 Å². The van der Waals surface area contributed by atoms with Crippen molar-refractivity contribution in [1.82, 2.24) is 0 Å². The first-order chi connectivity index (χ1) is 65.0. The molecule has 19 aromatic rings. The van der Waals surface area contributed by atoms with Crippen molar-refractivity contribution in [2.24, 2.45) is 0 Å². The number of hydrogen-bond acceptors (Lipinski definition) is 0. The van der Waals surface area contributed by atoms with Gasteiger partial charge in [0.25, 0.3) is 0 Å². The second kappa shape index (κ2) is 55.3. The molecule has 0 aliphatic heterocycles. The van der Waals surface area contributed by atoms with Crippen LogP contribution in [0.5, 0.6) is 0 Å². The minimum Gasteiger partial charge on any atom is -0.0620 e. The second-order valence-electron chi connectivity index (χ2n) is 36.4. The van der Waals surface area contributed by atoms with Crippen molar-refractivity contribution >= 4 is 21.5 Å². The van der Waals surface area contributed by atoms with Crippen LogP contribution in [-0.2, 0) is 19.3 Å². The summed E-state index contributed by atoms with van der Waals surface area (Å²) in [6.07, 6.45) is 3.10. The third-order valence-corrected chi connectivity index (χ3v) is 23.8. The molecule has 0 saturated heterocycles. The molecule has 0 heteroatoms.